The van der Waals surface area contributed by atoms with Crippen LogP contribution in [0.1, 0.15) is 26.7 Å². The Morgan fingerprint density at radius 1 is 0.758 bits per heavy atom. The lowest BCUT2D eigenvalue weighted by atomic mass is 10.0. The summed E-state index contributed by atoms with van der Waals surface area (Å²) in [6.45, 7) is 13.2. The van der Waals surface area contributed by atoms with E-state index >= 15 is 0 Å². The topological polar surface area (TPSA) is 99.0 Å². The Morgan fingerprint density at radius 2 is 1.06 bits per heavy atom. The highest BCUT2D eigenvalue weighted by Gasteiger charge is 2.68. The standard InChI is InChI=1S/C11H21N.C4F10NO4S2/c1-5-7-11(8-6-2)9-12-10(3)4;5-1(6,7)3(11,12)20(16,17)15-21(18,19)4(13,14)2(8,9)10/h5-6,10-12H,1-2,7-9H2,3-4H3;/q;-1/p+1. The van der Waals surface area contributed by atoms with Crippen molar-refractivity contribution in [3.8, 4) is 0 Å². The molecule has 0 rings (SSSR count). The van der Waals surface area contributed by atoms with Gasteiger partial charge in [0, 0.05) is 5.92 Å². The van der Waals surface area contributed by atoms with E-state index in [0.29, 0.717) is 10.2 Å². The minimum atomic E-state index is -7.62. The fourth-order valence-corrected chi connectivity index (χ4v) is 4.11. The molecule has 0 aliphatic carbocycles. The second kappa shape index (κ2) is 11.8. The Morgan fingerprint density at radius 3 is 1.27 bits per heavy atom. The molecular weight excluding hydrogens is 526 g/mol. The molecule has 0 aliphatic rings. The maximum Gasteiger partial charge on any atom is 0.467 e. The second-order valence-corrected chi connectivity index (χ2v) is 10.2. The molecule has 2 N–H and O–H groups in total. The van der Waals surface area contributed by atoms with Crippen LogP contribution in [-0.4, -0.2) is 52.3 Å². The van der Waals surface area contributed by atoms with E-state index in [9.17, 15) is 60.7 Å². The van der Waals surface area contributed by atoms with E-state index in [-0.39, 0.29) is 0 Å². The van der Waals surface area contributed by atoms with Crippen molar-refractivity contribution < 1.29 is 66.1 Å². The second-order valence-electron chi connectivity index (χ2n) is 6.68. The molecule has 0 saturated heterocycles. The molecule has 0 aliphatic heterocycles. The molecule has 0 radical (unpaired) electrons. The molecule has 18 heteroatoms. The molecule has 0 heterocycles. The van der Waals surface area contributed by atoms with Crippen LogP contribution in [0.5, 0.6) is 0 Å². The Hall–Kier alpha value is -1.40. The molecule has 0 bridgehead atoms. The van der Waals surface area contributed by atoms with E-state index in [2.05, 4.69) is 32.3 Å². The number of nitrogens with zero attached hydrogens (tertiary/aromatic N) is 1. The van der Waals surface area contributed by atoms with Gasteiger partial charge >= 0.3 is 22.9 Å². The predicted molar refractivity (Wildman–Crippen MR) is 98.2 cm³/mol. The molecule has 0 saturated carbocycles. The Labute approximate surface area is 184 Å². The highest BCUT2D eigenvalue weighted by atomic mass is 32.3. The first kappa shape index (κ1) is 33.8. The van der Waals surface area contributed by atoms with E-state index in [1.54, 1.807) is 0 Å². The van der Waals surface area contributed by atoms with Crippen LogP contribution in [0.3, 0.4) is 0 Å². The molecule has 0 aromatic rings. The summed E-state index contributed by atoms with van der Waals surface area (Å²) in [6.07, 6.45) is -7.79. The van der Waals surface area contributed by atoms with Crippen molar-refractivity contribution in [2.24, 2.45) is 5.92 Å². The minimum absolute atomic E-state index is 0.422. The summed E-state index contributed by atoms with van der Waals surface area (Å²) in [5.74, 6) is 0.724. The quantitative estimate of drug-likeness (QED) is 0.311. The predicted octanol–water partition coefficient (Wildman–Crippen LogP) is 4.06. The monoisotopic (exact) mass is 548 g/mol. The summed E-state index contributed by atoms with van der Waals surface area (Å²) < 4.78 is 161. The summed E-state index contributed by atoms with van der Waals surface area (Å²) >= 11 is 0. The van der Waals surface area contributed by atoms with E-state index < -0.39 is 42.9 Å². The lowest BCUT2D eigenvalue weighted by Gasteiger charge is -2.31. The van der Waals surface area contributed by atoms with E-state index in [1.165, 1.54) is 6.54 Å². The molecule has 0 unspecified atom stereocenters. The average molecular weight is 548 g/mol. The lowest BCUT2D eigenvalue weighted by molar-refractivity contribution is -0.687. The van der Waals surface area contributed by atoms with Crippen LogP contribution in [0, 0.1) is 5.92 Å². The molecule has 0 aromatic heterocycles. The van der Waals surface area contributed by atoms with Crippen molar-refractivity contribution in [3.05, 3.63) is 29.4 Å². The van der Waals surface area contributed by atoms with Gasteiger partial charge in [0.1, 0.15) is 0 Å². The first-order valence-electron chi connectivity index (χ1n) is 8.58. The van der Waals surface area contributed by atoms with Gasteiger partial charge in [-0.25, -0.2) is 16.8 Å². The third kappa shape index (κ3) is 9.40. The first-order valence-corrected chi connectivity index (χ1v) is 11.5. The number of quaternary nitrogens is 1. The smallest absolute Gasteiger partial charge is 0.425 e. The Bertz CT molecular complexity index is 787. The fraction of sp³-hybridized carbons (Fsp3) is 0.733. The zero-order chi connectivity index (χ0) is 27.1. The molecular formula is C15H22F10N2O4S2. The number of rotatable bonds is 11. The fourth-order valence-electron chi connectivity index (χ4n) is 1.74. The molecule has 0 atom stereocenters. The van der Waals surface area contributed by atoms with Crippen LogP contribution >= 0.6 is 0 Å². The summed E-state index contributed by atoms with van der Waals surface area (Å²) in [4.78, 5) is 0. The highest BCUT2D eigenvalue weighted by molar-refractivity contribution is 8.13. The zero-order valence-electron chi connectivity index (χ0n) is 17.1. The van der Waals surface area contributed by atoms with Gasteiger partial charge in [-0.1, -0.05) is 12.2 Å². The van der Waals surface area contributed by atoms with E-state index in [1.807, 2.05) is 12.2 Å². The Balaban J connectivity index is 0. The first-order chi connectivity index (χ1) is 14.4. The summed E-state index contributed by atoms with van der Waals surface area (Å²) in [5.41, 5.74) is 0. The van der Waals surface area contributed by atoms with E-state index in [4.69, 9.17) is 0 Å². The number of alkyl halides is 10. The van der Waals surface area contributed by atoms with Gasteiger partial charge in [0.25, 0.3) is 0 Å². The van der Waals surface area contributed by atoms with Crippen LogP contribution in [-0.2, 0) is 20.0 Å². The highest BCUT2D eigenvalue weighted by Crippen LogP contribution is 2.47. The minimum Gasteiger partial charge on any atom is -0.425 e. The number of hydrogen-bond donors (Lipinski definition) is 1. The number of sulfonamides is 2. The van der Waals surface area contributed by atoms with E-state index in [0.717, 1.165) is 18.8 Å². The molecule has 0 spiro atoms. The van der Waals surface area contributed by atoms with Gasteiger partial charge in [-0.05, 0) is 26.7 Å². The number of allylic oxidation sites excluding steroid dienone is 2. The number of halogens is 10. The number of nitrogens with two attached hydrogens (primary N) is 1. The molecule has 0 aromatic carbocycles. The van der Waals surface area contributed by atoms with Crippen LogP contribution in [0.15, 0.2) is 25.3 Å². The average Bonchev–Trinajstić information content (AvgIpc) is 2.57. The lowest BCUT2D eigenvalue weighted by Crippen LogP contribution is -2.89. The van der Waals surface area contributed by atoms with Gasteiger partial charge in [-0.3, -0.25) is 0 Å². The SMILES string of the molecule is C=CCC(CC=C)C[NH2+]C(C)C.O=S(=O)([N-]S(=O)(=O)C(F)(F)C(F)(F)F)C(F)(F)C(F)(F)F. The van der Waals surface area contributed by atoms with Crippen LogP contribution < -0.4 is 5.32 Å². The third-order valence-electron chi connectivity index (χ3n) is 3.45. The summed E-state index contributed by atoms with van der Waals surface area (Å²) in [5, 5.41) is -11.6. The van der Waals surface area contributed by atoms with Crippen molar-refractivity contribution >= 4 is 20.0 Å². The normalized spacial score (nSPS) is 14.1. The third-order valence-corrected chi connectivity index (χ3v) is 6.77. The van der Waals surface area contributed by atoms with Crippen LogP contribution in [0.4, 0.5) is 43.9 Å². The van der Waals surface area contributed by atoms with Crippen molar-refractivity contribution in [1.82, 2.24) is 0 Å². The van der Waals surface area contributed by atoms with Gasteiger partial charge in [-0.2, -0.15) is 43.9 Å². The van der Waals surface area contributed by atoms with Crippen molar-refractivity contribution in [1.29, 1.82) is 0 Å². The van der Waals surface area contributed by atoms with Crippen LogP contribution in [0.2, 0.25) is 0 Å². The van der Waals surface area contributed by atoms with Gasteiger partial charge in [-0.15, -0.1) is 13.2 Å². The maximum atomic E-state index is 12.3. The molecule has 0 fully saturated rings. The van der Waals surface area contributed by atoms with Gasteiger partial charge in [0.15, 0.2) is 20.0 Å². The summed E-state index contributed by atoms with van der Waals surface area (Å²) in [7, 11) is -15.2. The zero-order valence-corrected chi connectivity index (χ0v) is 18.7. The van der Waals surface area contributed by atoms with Crippen LogP contribution in [0.25, 0.3) is 4.13 Å². The van der Waals surface area contributed by atoms with Crippen molar-refractivity contribution in [2.75, 3.05) is 6.54 Å². The van der Waals surface area contributed by atoms with Gasteiger partial charge in [0.05, 0.1) is 12.6 Å². The molecule has 33 heavy (non-hydrogen) atoms. The molecule has 0 amide bonds. The van der Waals surface area contributed by atoms with Crippen molar-refractivity contribution in [3.63, 3.8) is 0 Å². The van der Waals surface area contributed by atoms with Crippen molar-refractivity contribution in [2.45, 2.75) is 55.6 Å². The Kier molecular flexibility index (Phi) is 12.1. The summed E-state index contributed by atoms with van der Waals surface area (Å²) in [6, 6.07) is 0.696. The largest absolute Gasteiger partial charge is 0.467 e. The van der Waals surface area contributed by atoms with Gasteiger partial charge < -0.3 is 9.44 Å². The molecule has 198 valence electrons. The maximum absolute atomic E-state index is 12.3. The number of hydrogen-bond acceptors (Lipinski definition) is 4. The molecule has 6 nitrogen and oxygen atoms in total. The van der Waals surface area contributed by atoms with Gasteiger partial charge in [0.2, 0.25) is 0 Å².